The zero-order chi connectivity index (χ0) is 48.1. The lowest BCUT2D eigenvalue weighted by Gasteiger charge is -2.18. The first-order valence-corrected chi connectivity index (χ1v) is 29.9. The maximum absolute atomic E-state index is 12.8. The van der Waals surface area contributed by atoms with Crippen LogP contribution in [0, 0.1) is 5.92 Å². The molecule has 0 aromatic carbocycles. The molecule has 0 spiro atoms. The van der Waals surface area contributed by atoms with Crippen molar-refractivity contribution in [3.63, 3.8) is 0 Å². The van der Waals surface area contributed by atoms with E-state index in [0.29, 0.717) is 19.3 Å². The molecular formula is C60H116O6. The summed E-state index contributed by atoms with van der Waals surface area (Å²) in [6.45, 7) is 9.08. The van der Waals surface area contributed by atoms with Gasteiger partial charge in [0.1, 0.15) is 13.2 Å². The van der Waals surface area contributed by atoms with Crippen LogP contribution in [0.15, 0.2) is 0 Å². The zero-order valence-electron chi connectivity index (χ0n) is 45.2. The van der Waals surface area contributed by atoms with Gasteiger partial charge in [-0.05, 0) is 25.2 Å². The summed E-state index contributed by atoms with van der Waals surface area (Å²) in [6, 6.07) is 0. The van der Waals surface area contributed by atoms with Gasteiger partial charge in [0, 0.05) is 19.3 Å². The summed E-state index contributed by atoms with van der Waals surface area (Å²) >= 11 is 0. The van der Waals surface area contributed by atoms with Crippen LogP contribution in [0.25, 0.3) is 0 Å². The molecule has 0 radical (unpaired) electrons. The van der Waals surface area contributed by atoms with E-state index in [2.05, 4.69) is 27.7 Å². The summed E-state index contributed by atoms with van der Waals surface area (Å²) in [5.74, 6) is 0.0264. The van der Waals surface area contributed by atoms with E-state index in [1.54, 1.807) is 0 Å². The van der Waals surface area contributed by atoms with Gasteiger partial charge in [-0.3, -0.25) is 14.4 Å². The third kappa shape index (κ3) is 53.4. The highest BCUT2D eigenvalue weighted by Gasteiger charge is 2.19. The van der Waals surface area contributed by atoms with Crippen LogP contribution in [0.3, 0.4) is 0 Å². The third-order valence-corrected chi connectivity index (χ3v) is 13.8. The normalized spacial score (nSPS) is 12.0. The SMILES string of the molecule is CCCCCCCCCCCCCCCCC(=O)O[C@H](COC(=O)CCCCCCCCCCCCCCC)COC(=O)CCCCCCCCCCCCCCCCCCCCC(C)C. The Kier molecular flexibility index (Phi) is 53.0. The molecule has 0 saturated heterocycles. The smallest absolute Gasteiger partial charge is 0.306 e. The van der Waals surface area contributed by atoms with Gasteiger partial charge in [-0.2, -0.15) is 0 Å². The second kappa shape index (κ2) is 54.4. The minimum Gasteiger partial charge on any atom is -0.462 e. The van der Waals surface area contributed by atoms with Crippen molar-refractivity contribution in [2.45, 2.75) is 348 Å². The Balaban J connectivity index is 4.23. The molecule has 392 valence electrons. The van der Waals surface area contributed by atoms with Crippen molar-refractivity contribution in [3.8, 4) is 0 Å². The van der Waals surface area contributed by atoms with Crippen molar-refractivity contribution >= 4 is 17.9 Å². The number of rotatable bonds is 55. The molecule has 1 atom stereocenters. The van der Waals surface area contributed by atoms with Gasteiger partial charge < -0.3 is 14.2 Å². The molecule has 0 aliphatic rings. The van der Waals surface area contributed by atoms with Crippen molar-refractivity contribution in [1.29, 1.82) is 0 Å². The highest BCUT2D eigenvalue weighted by molar-refractivity contribution is 5.71. The fraction of sp³-hybridized carbons (Fsp3) is 0.950. The standard InChI is InChI=1S/C60H116O6/c1-5-7-9-11-13-15-17-19-28-33-37-41-45-49-53-60(63)66-57(54-64-58(61)51-47-43-39-35-31-26-18-16-14-12-10-8-6-2)55-65-59(62)52-48-44-40-36-32-29-25-23-21-20-22-24-27-30-34-38-42-46-50-56(3)4/h56-57H,5-55H2,1-4H3/t57-/m1/s1. The Bertz CT molecular complexity index is 996. The molecule has 0 aromatic rings. The van der Waals surface area contributed by atoms with Gasteiger partial charge in [-0.1, -0.05) is 304 Å². The molecule has 0 saturated carbocycles. The van der Waals surface area contributed by atoms with Crippen molar-refractivity contribution in [3.05, 3.63) is 0 Å². The molecule has 0 aliphatic heterocycles. The highest BCUT2D eigenvalue weighted by Crippen LogP contribution is 2.18. The van der Waals surface area contributed by atoms with Crippen LogP contribution in [-0.2, 0) is 28.6 Å². The number of hydrogen-bond acceptors (Lipinski definition) is 6. The van der Waals surface area contributed by atoms with Crippen LogP contribution in [-0.4, -0.2) is 37.2 Å². The summed E-state index contributed by atoms with van der Waals surface area (Å²) in [4.78, 5) is 38.1. The van der Waals surface area contributed by atoms with Gasteiger partial charge in [-0.25, -0.2) is 0 Å². The van der Waals surface area contributed by atoms with Crippen molar-refractivity contribution < 1.29 is 28.6 Å². The Morgan fingerprint density at radius 3 is 0.742 bits per heavy atom. The topological polar surface area (TPSA) is 78.9 Å². The molecule has 0 heterocycles. The first-order chi connectivity index (χ1) is 32.4. The molecular weight excluding hydrogens is 817 g/mol. The molecule has 0 fully saturated rings. The second-order valence-electron chi connectivity index (χ2n) is 21.1. The van der Waals surface area contributed by atoms with E-state index in [0.717, 1.165) is 63.7 Å². The Morgan fingerprint density at radius 1 is 0.288 bits per heavy atom. The lowest BCUT2D eigenvalue weighted by Crippen LogP contribution is -2.30. The lowest BCUT2D eigenvalue weighted by molar-refractivity contribution is -0.167. The molecule has 0 rings (SSSR count). The van der Waals surface area contributed by atoms with Gasteiger partial charge in [-0.15, -0.1) is 0 Å². The molecule has 0 unspecified atom stereocenters. The summed E-state index contributed by atoms with van der Waals surface area (Å²) in [7, 11) is 0. The average molecular weight is 934 g/mol. The summed E-state index contributed by atoms with van der Waals surface area (Å²) in [6.07, 6.45) is 59.5. The van der Waals surface area contributed by atoms with Crippen LogP contribution in [0.1, 0.15) is 342 Å². The average Bonchev–Trinajstić information content (AvgIpc) is 3.30. The zero-order valence-corrected chi connectivity index (χ0v) is 45.2. The minimum absolute atomic E-state index is 0.0615. The third-order valence-electron chi connectivity index (χ3n) is 13.8. The van der Waals surface area contributed by atoms with E-state index in [9.17, 15) is 14.4 Å². The molecule has 6 nitrogen and oxygen atoms in total. The number of carbonyl (C=O) groups excluding carboxylic acids is 3. The van der Waals surface area contributed by atoms with E-state index in [1.807, 2.05) is 0 Å². The molecule has 66 heavy (non-hydrogen) atoms. The second-order valence-corrected chi connectivity index (χ2v) is 21.1. The van der Waals surface area contributed by atoms with E-state index in [4.69, 9.17) is 14.2 Å². The van der Waals surface area contributed by atoms with Crippen LogP contribution < -0.4 is 0 Å². The summed E-state index contributed by atoms with van der Waals surface area (Å²) < 4.78 is 16.9. The molecule has 0 aromatic heterocycles. The molecule has 0 amide bonds. The molecule has 0 aliphatic carbocycles. The van der Waals surface area contributed by atoms with Crippen molar-refractivity contribution in [1.82, 2.24) is 0 Å². The molecule has 6 heteroatoms. The monoisotopic (exact) mass is 933 g/mol. The fourth-order valence-corrected chi connectivity index (χ4v) is 9.28. The van der Waals surface area contributed by atoms with Gasteiger partial charge in [0.2, 0.25) is 0 Å². The van der Waals surface area contributed by atoms with Crippen LogP contribution in [0.5, 0.6) is 0 Å². The summed E-state index contributed by atoms with van der Waals surface area (Å²) in [5, 5.41) is 0. The minimum atomic E-state index is -0.761. The number of unbranched alkanes of at least 4 members (excludes halogenated alkanes) is 42. The maximum Gasteiger partial charge on any atom is 0.306 e. The fourth-order valence-electron chi connectivity index (χ4n) is 9.28. The largest absolute Gasteiger partial charge is 0.462 e. The quantitative estimate of drug-likeness (QED) is 0.0343. The van der Waals surface area contributed by atoms with E-state index in [1.165, 1.54) is 238 Å². The number of hydrogen-bond donors (Lipinski definition) is 0. The number of esters is 3. The van der Waals surface area contributed by atoms with E-state index < -0.39 is 6.10 Å². The van der Waals surface area contributed by atoms with Crippen LogP contribution in [0.4, 0.5) is 0 Å². The van der Waals surface area contributed by atoms with Gasteiger partial charge in [0.15, 0.2) is 6.10 Å². The molecule has 0 bridgehead atoms. The molecule has 0 N–H and O–H groups in total. The van der Waals surface area contributed by atoms with Crippen molar-refractivity contribution in [2.75, 3.05) is 13.2 Å². The maximum atomic E-state index is 12.8. The van der Waals surface area contributed by atoms with Crippen LogP contribution >= 0.6 is 0 Å². The van der Waals surface area contributed by atoms with Gasteiger partial charge in [0.25, 0.3) is 0 Å². The number of ether oxygens (including phenoxy) is 3. The predicted octanol–water partition coefficient (Wildman–Crippen LogP) is 19.8. The number of carbonyl (C=O) groups is 3. The van der Waals surface area contributed by atoms with Crippen LogP contribution in [0.2, 0.25) is 0 Å². The summed E-state index contributed by atoms with van der Waals surface area (Å²) in [5.41, 5.74) is 0. The van der Waals surface area contributed by atoms with E-state index in [-0.39, 0.29) is 31.1 Å². The Hall–Kier alpha value is -1.59. The van der Waals surface area contributed by atoms with Gasteiger partial charge >= 0.3 is 17.9 Å². The van der Waals surface area contributed by atoms with Crippen molar-refractivity contribution in [2.24, 2.45) is 5.92 Å². The lowest BCUT2D eigenvalue weighted by atomic mass is 10.0. The Morgan fingerprint density at radius 2 is 0.500 bits per heavy atom. The van der Waals surface area contributed by atoms with E-state index >= 15 is 0 Å². The first kappa shape index (κ1) is 64.4. The Labute approximate surface area is 412 Å². The predicted molar refractivity (Wildman–Crippen MR) is 284 cm³/mol. The highest BCUT2D eigenvalue weighted by atomic mass is 16.6. The first-order valence-electron chi connectivity index (χ1n) is 29.9. The van der Waals surface area contributed by atoms with Gasteiger partial charge in [0.05, 0.1) is 0 Å².